The molecule has 3 aromatic rings. The molecule has 1 fully saturated rings. The first-order valence-electron chi connectivity index (χ1n) is 12.4. The third-order valence-corrected chi connectivity index (χ3v) is 8.57. The minimum atomic E-state index is 0.232. The summed E-state index contributed by atoms with van der Waals surface area (Å²) < 4.78 is 2.12. The van der Waals surface area contributed by atoms with Gasteiger partial charge in [-0.15, -0.1) is 10.2 Å². The van der Waals surface area contributed by atoms with Crippen molar-refractivity contribution in [3.63, 3.8) is 0 Å². The Bertz CT molecular complexity index is 1100. The van der Waals surface area contributed by atoms with Crippen molar-refractivity contribution in [3.05, 3.63) is 65.2 Å². The molecule has 2 heterocycles. The average molecular weight is 461 g/mol. The van der Waals surface area contributed by atoms with Gasteiger partial charge in [-0.1, -0.05) is 81.1 Å². The molecule has 2 aliphatic rings. The van der Waals surface area contributed by atoms with Gasteiger partial charge in [0.15, 0.2) is 11.0 Å². The lowest BCUT2D eigenvalue weighted by Crippen LogP contribution is -2.36. The molecule has 1 saturated heterocycles. The van der Waals surface area contributed by atoms with Crippen LogP contribution in [-0.2, 0) is 18.9 Å². The van der Waals surface area contributed by atoms with Gasteiger partial charge in [0.1, 0.15) is 0 Å². The smallest absolute Gasteiger partial charge is 0.191 e. The van der Waals surface area contributed by atoms with Gasteiger partial charge in [0.2, 0.25) is 0 Å². The van der Waals surface area contributed by atoms with Crippen LogP contribution in [0.4, 0.5) is 0 Å². The van der Waals surface area contributed by atoms with Crippen LogP contribution in [0.3, 0.4) is 0 Å². The predicted molar refractivity (Wildman–Crippen MR) is 138 cm³/mol. The molecule has 1 aromatic heterocycles. The highest BCUT2D eigenvalue weighted by molar-refractivity contribution is 7.99. The van der Waals surface area contributed by atoms with Crippen molar-refractivity contribution in [1.29, 1.82) is 0 Å². The summed E-state index contributed by atoms with van der Waals surface area (Å²) in [6, 6.07) is 18.4. The van der Waals surface area contributed by atoms with Crippen molar-refractivity contribution in [2.45, 2.75) is 69.0 Å². The maximum Gasteiger partial charge on any atom is 0.191 e. The molecule has 1 aliphatic carbocycles. The second-order valence-electron chi connectivity index (χ2n) is 10.6. The second kappa shape index (κ2) is 9.27. The van der Waals surface area contributed by atoms with E-state index in [-0.39, 0.29) is 5.41 Å². The zero-order valence-corrected chi connectivity index (χ0v) is 21.2. The number of fused-ring (bicyclic) bond motifs is 3. The van der Waals surface area contributed by atoms with Gasteiger partial charge in [-0.05, 0) is 60.9 Å². The van der Waals surface area contributed by atoms with E-state index >= 15 is 0 Å². The van der Waals surface area contributed by atoms with E-state index in [1.165, 1.54) is 44.3 Å². The summed E-state index contributed by atoms with van der Waals surface area (Å²) in [6.45, 7) is 9.38. The Labute approximate surface area is 202 Å². The van der Waals surface area contributed by atoms with Crippen LogP contribution >= 0.6 is 11.8 Å². The van der Waals surface area contributed by atoms with Crippen LogP contribution in [0.25, 0.3) is 11.4 Å². The van der Waals surface area contributed by atoms with Crippen molar-refractivity contribution < 1.29 is 0 Å². The molecule has 0 radical (unpaired) electrons. The minimum Gasteiger partial charge on any atom is -0.305 e. The van der Waals surface area contributed by atoms with E-state index < -0.39 is 0 Å². The Morgan fingerprint density at radius 3 is 2.64 bits per heavy atom. The SMILES string of the molecule is Cn1c(SCCCN2CCC3c4ccc(C(C)(C)C)cc4CCC32)nnc1-c1ccccc1. The quantitative estimate of drug-likeness (QED) is 0.330. The lowest BCUT2D eigenvalue weighted by molar-refractivity contribution is 0.228. The summed E-state index contributed by atoms with van der Waals surface area (Å²) in [7, 11) is 2.07. The highest BCUT2D eigenvalue weighted by atomic mass is 32.2. The number of aryl methyl sites for hydroxylation is 1. The maximum atomic E-state index is 4.44. The fraction of sp³-hybridized carbons (Fsp3) is 0.500. The molecular formula is C28H36N4S. The summed E-state index contributed by atoms with van der Waals surface area (Å²) in [6.07, 6.45) is 5.04. The van der Waals surface area contributed by atoms with Crippen LogP contribution in [0.1, 0.15) is 62.6 Å². The van der Waals surface area contributed by atoms with E-state index in [0.29, 0.717) is 0 Å². The van der Waals surface area contributed by atoms with Gasteiger partial charge in [-0.3, -0.25) is 4.90 Å². The van der Waals surface area contributed by atoms with Crippen LogP contribution in [0.5, 0.6) is 0 Å². The minimum absolute atomic E-state index is 0.232. The molecule has 33 heavy (non-hydrogen) atoms. The lowest BCUT2D eigenvalue weighted by atomic mass is 9.76. The van der Waals surface area contributed by atoms with Crippen LogP contribution in [0.2, 0.25) is 0 Å². The first-order valence-corrected chi connectivity index (χ1v) is 13.4. The summed E-state index contributed by atoms with van der Waals surface area (Å²) in [4.78, 5) is 2.76. The zero-order chi connectivity index (χ0) is 23.0. The molecule has 0 spiro atoms. The number of nitrogens with zero attached hydrogens (tertiary/aromatic N) is 4. The number of thioether (sulfide) groups is 1. The molecule has 174 valence electrons. The molecule has 2 atom stereocenters. The molecule has 4 nitrogen and oxygen atoms in total. The van der Waals surface area contributed by atoms with Crippen LogP contribution in [-0.4, -0.2) is 44.5 Å². The molecule has 1 aliphatic heterocycles. The van der Waals surface area contributed by atoms with E-state index in [9.17, 15) is 0 Å². The summed E-state index contributed by atoms with van der Waals surface area (Å²) in [5, 5.41) is 9.87. The van der Waals surface area contributed by atoms with Gasteiger partial charge in [0, 0.05) is 30.3 Å². The molecule has 5 rings (SSSR count). The molecule has 2 aromatic carbocycles. The zero-order valence-electron chi connectivity index (χ0n) is 20.4. The van der Waals surface area contributed by atoms with Crippen molar-refractivity contribution in [2.75, 3.05) is 18.8 Å². The highest BCUT2D eigenvalue weighted by Crippen LogP contribution is 2.42. The molecule has 0 N–H and O–H groups in total. The number of likely N-dealkylation sites (tertiary alicyclic amines) is 1. The fourth-order valence-corrected chi connectivity index (χ4v) is 6.44. The van der Waals surface area contributed by atoms with Gasteiger partial charge < -0.3 is 4.57 Å². The van der Waals surface area contributed by atoms with Gasteiger partial charge >= 0.3 is 0 Å². The first kappa shape index (κ1) is 22.7. The van der Waals surface area contributed by atoms with Crippen LogP contribution in [0, 0.1) is 0 Å². The van der Waals surface area contributed by atoms with E-state index in [4.69, 9.17) is 0 Å². The van der Waals surface area contributed by atoms with Crippen LogP contribution in [0.15, 0.2) is 53.7 Å². The highest BCUT2D eigenvalue weighted by Gasteiger charge is 2.38. The third kappa shape index (κ3) is 4.63. The normalized spacial score (nSPS) is 20.6. The molecule has 0 saturated carbocycles. The monoisotopic (exact) mass is 460 g/mol. The lowest BCUT2D eigenvalue weighted by Gasteiger charge is -2.34. The third-order valence-electron chi connectivity index (χ3n) is 7.47. The number of rotatable bonds is 6. The molecular weight excluding hydrogens is 424 g/mol. The van der Waals surface area contributed by atoms with E-state index in [0.717, 1.165) is 34.3 Å². The van der Waals surface area contributed by atoms with Crippen LogP contribution < -0.4 is 0 Å². The topological polar surface area (TPSA) is 34.0 Å². The number of benzene rings is 2. The molecule has 5 heteroatoms. The maximum absolute atomic E-state index is 4.44. The Hall–Kier alpha value is -2.11. The van der Waals surface area contributed by atoms with Gasteiger partial charge in [-0.25, -0.2) is 0 Å². The standard InChI is InChI=1S/C28H36N4S/c1-28(2,3)22-12-13-23-21(19-22)11-14-25-24(23)15-17-32(25)16-8-18-33-27-30-29-26(31(27)4)20-9-6-5-7-10-20/h5-7,9-10,12-13,19,24-25H,8,11,14-18H2,1-4H3. The van der Waals surface area contributed by atoms with Crippen molar-refractivity contribution in [1.82, 2.24) is 19.7 Å². The number of aromatic nitrogens is 3. The number of hydrogen-bond acceptors (Lipinski definition) is 4. The molecule has 2 unspecified atom stereocenters. The summed E-state index contributed by atoms with van der Waals surface area (Å²) >= 11 is 1.83. The largest absolute Gasteiger partial charge is 0.305 e. The predicted octanol–water partition coefficient (Wildman–Crippen LogP) is 6.07. The Morgan fingerprint density at radius 1 is 1.03 bits per heavy atom. The first-order chi connectivity index (χ1) is 15.9. The Balaban J connectivity index is 1.16. The van der Waals surface area contributed by atoms with Gasteiger partial charge in [0.05, 0.1) is 0 Å². The second-order valence-corrected chi connectivity index (χ2v) is 11.7. The average Bonchev–Trinajstić information content (AvgIpc) is 3.40. The number of hydrogen-bond donors (Lipinski definition) is 0. The molecule has 0 bridgehead atoms. The Morgan fingerprint density at radius 2 is 1.85 bits per heavy atom. The molecule has 0 amide bonds. The van der Waals surface area contributed by atoms with Crippen molar-refractivity contribution >= 4 is 11.8 Å². The summed E-state index contributed by atoms with van der Waals surface area (Å²) in [5.74, 6) is 2.75. The Kier molecular flexibility index (Phi) is 6.37. The van der Waals surface area contributed by atoms with Gasteiger partial charge in [-0.2, -0.15) is 0 Å². The summed E-state index contributed by atoms with van der Waals surface area (Å²) in [5.41, 5.74) is 6.07. The van der Waals surface area contributed by atoms with Gasteiger partial charge in [0.25, 0.3) is 0 Å². The van der Waals surface area contributed by atoms with E-state index in [2.05, 4.69) is 77.8 Å². The van der Waals surface area contributed by atoms with Crippen molar-refractivity contribution in [3.8, 4) is 11.4 Å². The fourth-order valence-electron chi connectivity index (χ4n) is 5.61. The van der Waals surface area contributed by atoms with E-state index in [1.54, 1.807) is 11.1 Å². The van der Waals surface area contributed by atoms with Crippen molar-refractivity contribution in [2.24, 2.45) is 7.05 Å². The van der Waals surface area contributed by atoms with E-state index in [1.807, 2.05) is 30.0 Å².